The summed E-state index contributed by atoms with van der Waals surface area (Å²) in [7, 11) is 0. The molecule has 4 rings (SSSR count). The van der Waals surface area contributed by atoms with Gasteiger partial charge in [0.15, 0.2) is 0 Å². The van der Waals surface area contributed by atoms with E-state index in [4.69, 9.17) is 9.47 Å². The van der Waals surface area contributed by atoms with Crippen LogP contribution in [0.25, 0.3) is 0 Å². The molecule has 0 spiro atoms. The third-order valence-electron chi connectivity index (χ3n) is 6.11. The van der Waals surface area contributed by atoms with Crippen LogP contribution in [0.5, 0.6) is 5.75 Å². The summed E-state index contributed by atoms with van der Waals surface area (Å²) in [6, 6.07) is 9.20. The molecule has 3 amide bonds. The molecule has 3 fully saturated rings. The van der Waals surface area contributed by atoms with E-state index in [1.54, 1.807) is 4.90 Å². The van der Waals surface area contributed by atoms with Crippen molar-refractivity contribution in [3.8, 4) is 5.75 Å². The minimum absolute atomic E-state index is 0.00579. The fraction of sp³-hybridized carbons (Fsp3) is 0.636. The second-order valence-corrected chi connectivity index (χ2v) is 8.18. The number of nitrogens with one attached hydrogen (secondary N) is 1. The predicted octanol–water partition coefficient (Wildman–Crippen LogP) is 2.41. The lowest BCUT2D eigenvalue weighted by atomic mass is 9.96. The highest BCUT2D eigenvalue weighted by Gasteiger charge is 2.43. The second-order valence-electron chi connectivity index (χ2n) is 8.18. The second kappa shape index (κ2) is 9.48. The molecule has 1 aromatic carbocycles. The molecule has 2 saturated heterocycles. The van der Waals surface area contributed by atoms with Gasteiger partial charge in [0.2, 0.25) is 5.91 Å². The summed E-state index contributed by atoms with van der Waals surface area (Å²) in [6.45, 7) is 2.69. The number of hydrogen-bond donors (Lipinski definition) is 1. The van der Waals surface area contributed by atoms with E-state index in [1.165, 1.54) is 6.42 Å². The maximum Gasteiger partial charge on any atom is 0.318 e. The van der Waals surface area contributed by atoms with Crippen molar-refractivity contribution in [3.05, 3.63) is 30.3 Å². The summed E-state index contributed by atoms with van der Waals surface area (Å²) >= 11 is 0. The smallest absolute Gasteiger partial charge is 0.318 e. The molecule has 1 aliphatic carbocycles. The first-order valence-corrected chi connectivity index (χ1v) is 10.9. The highest BCUT2D eigenvalue weighted by Crippen LogP contribution is 2.26. The summed E-state index contributed by atoms with van der Waals surface area (Å²) < 4.78 is 11.5. The Morgan fingerprint density at radius 1 is 1.03 bits per heavy atom. The quantitative estimate of drug-likeness (QED) is 0.841. The average molecular weight is 402 g/mol. The van der Waals surface area contributed by atoms with Crippen molar-refractivity contribution in [1.29, 1.82) is 0 Å². The number of para-hydroxylation sites is 1. The topological polar surface area (TPSA) is 71.1 Å². The van der Waals surface area contributed by atoms with Gasteiger partial charge in [-0.2, -0.15) is 0 Å². The van der Waals surface area contributed by atoms with Crippen molar-refractivity contribution >= 4 is 11.9 Å². The molecule has 3 aliphatic rings. The Morgan fingerprint density at radius 3 is 2.48 bits per heavy atom. The van der Waals surface area contributed by atoms with E-state index in [1.807, 2.05) is 35.2 Å². The number of hydrogen-bond acceptors (Lipinski definition) is 4. The average Bonchev–Trinajstić information content (AvgIpc) is 3.19. The van der Waals surface area contributed by atoms with Crippen molar-refractivity contribution in [2.75, 3.05) is 32.8 Å². The van der Waals surface area contributed by atoms with Gasteiger partial charge in [0, 0.05) is 25.6 Å². The Balaban J connectivity index is 1.45. The first-order valence-electron chi connectivity index (χ1n) is 10.9. The first kappa shape index (κ1) is 20.0. The molecule has 7 nitrogen and oxygen atoms in total. The molecule has 2 heterocycles. The van der Waals surface area contributed by atoms with Gasteiger partial charge in [-0.1, -0.05) is 37.5 Å². The molecule has 0 radical (unpaired) electrons. The van der Waals surface area contributed by atoms with Crippen LogP contribution in [-0.2, 0) is 9.53 Å². The zero-order valence-electron chi connectivity index (χ0n) is 16.9. The van der Waals surface area contributed by atoms with Crippen LogP contribution >= 0.6 is 0 Å². The van der Waals surface area contributed by atoms with Crippen LogP contribution in [0.4, 0.5) is 4.79 Å². The van der Waals surface area contributed by atoms with Crippen LogP contribution in [0, 0.1) is 0 Å². The van der Waals surface area contributed by atoms with Crippen LogP contribution in [0.3, 0.4) is 0 Å². The number of urea groups is 1. The molecule has 0 bridgehead atoms. The van der Waals surface area contributed by atoms with E-state index >= 15 is 0 Å². The van der Waals surface area contributed by atoms with E-state index in [0.29, 0.717) is 39.3 Å². The molecular formula is C22H31N3O4. The molecule has 0 aromatic heterocycles. The number of carbonyl (C=O) groups excluding carboxylic acids is 2. The predicted molar refractivity (Wildman–Crippen MR) is 109 cm³/mol. The fourth-order valence-corrected chi connectivity index (χ4v) is 4.53. The number of ether oxygens (including phenoxy) is 2. The number of carbonyl (C=O) groups is 2. The van der Waals surface area contributed by atoms with Gasteiger partial charge in [0.05, 0.1) is 19.8 Å². The number of likely N-dealkylation sites (tertiary alicyclic amines) is 1. The van der Waals surface area contributed by atoms with Crippen molar-refractivity contribution in [3.63, 3.8) is 0 Å². The summed E-state index contributed by atoms with van der Waals surface area (Å²) in [4.78, 5) is 29.8. The molecule has 2 atom stereocenters. The zero-order valence-corrected chi connectivity index (χ0v) is 16.9. The van der Waals surface area contributed by atoms with Crippen LogP contribution in [0.2, 0.25) is 0 Å². The molecule has 0 unspecified atom stereocenters. The van der Waals surface area contributed by atoms with Gasteiger partial charge >= 0.3 is 6.03 Å². The third-order valence-corrected chi connectivity index (χ3v) is 6.11. The van der Waals surface area contributed by atoms with Gasteiger partial charge in [-0.25, -0.2) is 4.79 Å². The number of amides is 3. The van der Waals surface area contributed by atoms with E-state index in [-0.39, 0.29) is 24.1 Å². The van der Waals surface area contributed by atoms with Crippen LogP contribution in [-0.4, -0.2) is 72.8 Å². The lowest BCUT2D eigenvalue weighted by Gasteiger charge is -2.33. The van der Waals surface area contributed by atoms with Crippen molar-refractivity contribution < 1.29 is 19.1 Å². The highest BCUT2D eigenvalue weighted by atomic mass is 16.5. The Hall–Kier alpha value is -2.28. The lowest BCUT2D eigenvalue weighted by Crippen LogP contribution is -2.54. The zero-order chi connectivity index (χ0) is 20.1. The van der Waals surface area contributed by atoms with Crippen molar-refractivity contribution in [1.82, 2.24) is 15.1 Å². The van der Waals surface area contributed by atoms with Crippen LogP contribution < -0.4 is 10.1 Å². The SMILES string of the molecule is O=C([C@H]1C[C@H](Oc2ccccc2)CN1C(=O)NC1CCCCC1)N1CCOCC1. The Kier molecular flexibility index (Phi) is 6.54. The normalized spacial score (nSPS) is 25.7. The minimum Gasteiger partial charge on any atom is -0.488 e. The molecule has 7 heteroatoms. The monoisotopic (exact) mass is 401 g/mol. The molecule has 158 valence electrons. The molecule has 29 heavy (non-hydrogen) atoms. The lowest BCUT2D eigenvalue weighted by molar-refractivity contribution is -0.139. The summed E-state index contributed by atoms with van der Waals surface area (Å²) in [6.07, 6.45) is 5.91. The van der Waals surface area contributed by atoms with Crippen molar-refractivity contribution in [2.24, 2.45) is 0 Å². The fourth-order valence-electron chi connectivity index (χ4n) is 4.53. The summed E-state index contributed by atoms with van der Waals surface area (Å²) in [5.41, 5.74) is 0. The van der Waals surface area contributed by atoms with E-state index in [0.717, 1.165) is 31.4 Å². The number of morpholine rings is 1. The van der Waals surface area contributed by atoms with Crippen LogP contribution in [0.1, 0.15) is 38.5 Å². The van der Waals surface area contributed by atoms with Gasteiger partial charge in [-0.15, -0.1) is 0 Å². The summed E-state index contributed by atoms with van der Waals surface area (Å²) in [5.74, 6) is 0.774. The first-order chi connectivity index (χ1) is 14.2. The number of rotatable bonds is 4. The maximum atomic E-state index is 13.2. The number of benzene rings is 1. The minimum atomic E-state index is -0.481. The summed E-state index contributed by atoms with van der Waals surface area (Å²) in [5, 5.41) is 3.17. The Bertz CT molecular complexity index is 687. The molecule has 1 aromatic rings. The maximum absolute atomic E-state index is 13.2. The van der Waals surface area contributed by atoms with Gasteiger partial charge in [-0.05, 0) is 25.0 Å². The Labute approximate surface area is 172 Å². The standard InChI is InChI=1S/C22H31N3O4/c26-21(24-11-13-28-14-12-24)20-15-19(29-18-9-5-2-6-10-18)16-25(20)22(27)23-17-7-3-1-4-8-17/h2,5-6,9-10,17,19-20H,1,3-4,7-8,11-16H2,(H,23,27)/t19-,20+/m0/s1. The molecule has 1 N–H and O–H groups in total. The Morgan fingerprint density at radius 2 is 1.76 bits per heavy atom. The largest absolute Gasteiger partial charge is 0.488 e. The van der Waals surface area contributed by atoms with Gasteiger partial charge < -0.3 is 24.6 Å². The molecular weight excluding hydrogens is 370 g/mol. The van der Waals surface area contributed by atoms with E-state index in [2.05, 4.69) is 5.32 Å². The van der Waals surface area contributed by atoms with Gasteiger partial charge in [0.1, 0.15) is 17.9 Å². The van der Waals surface area contributed by atoms with Crippen molar-refractivity contribution in [2.45, 2.75) is 56.7 Å². The third kappa shape index (κ3) is 5.01. The highest BCUT2D eigenvalue weighted by molar-refractivity contribution is 5.88. The molecule has 1 saturated carbocycles. The number of nitrogens with zero attached hydrogens (tertiary/aromatic N) is 2. The van der Waals surface area contributed by atoms with E-state index < -0.39 is 6.04 Å². The van der Waals surface area contributed by atoms with Gasteiger partial charge in [0.25, 0.3) is 0 Å². The molecule has 2 aliphatic heterocycles. The van der Waals surface area contributed by atoms with Gasteiger partial charge in [-0.3, -0.25) is 4.79 Å². The van der Waals surface area contributed by atoms with Crippen LogP contribution in [0.15, 0.2) is 30.3 Å². The van der Waals surface area contributed by atoms with E-state index in [9.17, 15) is 9.59 Å².